The molecule has 0 saturated heterocycles. The van der Waals surface area contributed by atoms with E-state index in [1.807, 2.05) is 55.7 Å². The van der Waals surface area contributed by atoms with Gasteiger partial charge < -0.3 is 9.73 Å². The molecule has 3 aromatic rings. The minimum atomic E-state index is 0.00953. The second kappa shape index (κ2) is 7.74. The summed E-state index contributed by atoms with van der Waals surface area (Å²) in [6.45, 7) is 6.77. The normalized spacial score (nSPS) is 12.4. The van der Waals surface area contributed by atoms with Crippen LogP contribution in [0, 0.1) is 0 Å². The van der Waals surface area contributed by atoms with Crippen molar-refractivity contribution in [1.29, 1.82) is 0 Å². The van der Waals surface area contributed by atoms with Gasteiger partial charge in [-0.1, -0.05) is 36.9 Å². The third-order valence-electron chi connectivity index (χ3n) is 4.03. The van der Waals surface area contributed by atoms with Crippen LogP contribution in [0.4, 0.5) is 0 Å². The number of carbonyl (C=O) groups is 1. The Morgan fingerprint density at radius 1 is 1.32 bits per heavy atom. The number of carbonyl (C=O) groups excluding carboxylic acids is 1. The van der Waals surface area contributed by atoms with Crippen LogP contribution in [-0.2, 0) is 11.3 Å². The lowest BCUT2D eigenvalue weighted by Gasteiger charge is -2.11. The van der Waals surface area contributed by atoms with Gasteiger partial charge in [0.25, 0.3) is 0 Å². The molecule has 2 aromatic heterocycles. The Morgan fingerprint density at radius 3 is 2.84 bits per heavy atom. The number of hydrogen-bond acceptors (Lipinski definition) is 5. The fourth-order valence-electron chi connectivity index (χ4n) is 2.50. The Labute approximate surface area is 151 Å². The van der Waals surface area contributed by atoms with Crippen molar-refractivity contribution in [2.75, 3.05) is 5.75 Å². The van der Waals surface area contributed by atoms with E-state index in [4.69, 9.17) is 4.42 Å². The number of amides is 1. The average Bonchev–Trinajstić information content (AvgIpc) is 3.22. The summed E-state index contributed by atoms with van der Waals surface area (Å²) in [6, 6.07) is 10.0. The lowest BCUT2D eigenvalue weighted by molar-refractivity contribution is -0.119. The molecule has 2 heterocycles. The molecule has 0 fully saturated rings. The molecule has 0 aliphatic heterocycles. The maximum atomic E-state index is 12.0. The van der Waals surface area contributed by atoms with Crippen LogP contribution in [0.1, 0.15) is 27.2 Å². The van der Waals surface area contributed by atoms with E-state index >= 15 is 0 Å². The van der Waals surface area contributed by atoms with Gasteiger partial charge in [-0.3, -0.25) is 9.36 Å². The molecule has 0 unspecified atom stereocenters. The highest BCUT2D eigenvalue weighted by atomic mass is 32.2. The Kier molecular flexibility index (Phi) is 5.43. The van der Waals surface area contributed by atoms with Gasteiger partial charge in [0.05, 0.1) is 5.75 Å². The first-order valence-corrected chi connectivity index (χ1v) is 9.45. The van der Waals surface area contributed by atoms with Gasteiger partial charge in [-0.05, 0) is 32.4 Å². The number of nitrogens with zero attached hydrogens (tertiary/aromatic N) is 3. The van der Waals surface area contributed by atoms with E-state index < -0.39 is 0 Å². The zero-order chi connectivity index (χ0) is 17.8. The molecule has 0 bridgehead atoms. The van der Waals surface area contributed by atoms with Crippen LogP contribution in [0.3, 0.4) is 0 Å². The summed E-state index contributed by atoms with van der Waals surface area (Å²) in [6.07, 6.45) is 0.914. The zero-order valence-electron chi connectivity index (χ0n) is 14.7. The summed E-state index contributed by atoms with van der Waals surface area (Å²) < 4.78 is 7.86. The highest BCUT2D eigenvalue weighted by Gasteiger charge is 2.18. The highest BCUT2D eigenvalue weighted by molar-refractivity contribution is 7.99. The number of aromatic nitrogens is 3. The molecule has 3 rings (SSSR count). The number of hydrogen-bond donors (Lipinski definition) is 1. The first kappa shape index (κ1) is 17.5. The smallest absolute Gasteiger partial charge is 0.230 e. The second-order valence-corrected chi connectivity index (χ2v) is 6.81. The summed E-state index contributed by atoms with van der Waals surface area (Å²) in [5.74, 6) is 1.70. The van der Waals surface area contributed by atoms with Gasteiger partial charge in [0.2, 0.25) is 11.7 Å². The van der Waals surface area contributed by atoms with E-state index in [0.717, 1.165) is 22.5 Å². The number of furan rings is 1. The van der Waals surface area contributed by atoms with E-state index in [-0.39, 0.29) is 11.9 Å². The lowest BCUT2D eigenvalue weighted by Crippen LogP contribution is -2.33. The van der Waals surface area contributed by atoms with Gasteiger partial charge in [0.15, 0.2) is 10.9 Å². The molecule has 1 amide bonds. The SMILES string of the molecule is CC[C@@H](C)NC(=O)CSc1nnc(-c2cc3ccccc3o2)n1CC. The minimum Gasteiger partial charge on any atom is -0.453 e. The number of benzene rings is 1. The molecule has 0 saturated carbocycles. The average molecular weight is 358 g/mol. The highest BCUT2D eigenvalue weighted by Crippen LogP contribution is 2.29. The van der Waals surface area contributed by atoms with Crippen LogP contribution in [0.15, 0.2) is 39.9 Å². The lowest BCUT2D eigenvalue weighted by atomic mass is 10.2. The minimum absolute atomic E-state index is 0.00953. The Morgan fingerprint density at radius 2 is 2.12 bits per heavy atom. The van der Waals surface area contributed by atoms with Crippen LogP contribution < -0.4 is 5.32 Å². The standard InChI is InChI=1S/C18H22N4O2S/c1-4-12(3)19-16(23)11-25-18-21-20-17(22(18)5-2)15-10-13-8-6-7-9-14(13)24-15/h6-10,12H,4-5,11H2,1-3H3,(H,19,23)/t12-/m1/s1. The summed E-state index contributed by atoms with van der Waals surface area (Å²) >= 11 is 1.39. The van der Waals surface area contributed by atoms with Gasteiger partial charge in [-0.15, -0.1) is 10.2 Å². The van der Waals surface area contributed by atoms with Crippen LogP contribution >= 0.6 is 11.8 Å². The molecule has 132 valence electrons. The van der Waals surface area contributed by atoms with Crippen LogP contribution in [0.2, 0.25) is 0 Å². The van der Waals surface area contributed by atoms with Crippen molar-refractivity contribution in [3.63, 3.8) is 0 Å². The predicted molar refractivity (Wildman–Crippen MR) is 99.5 cm³/mol. The molecule has 1 atom stereocenters. The fourth-order valence-corrected chi connectivity index (χ4v) is 3.32. The molecule has 1 N–H and O–H groups in total. The number of thioether (sulfide) groups is 1. The van der Waals surface area contributed by atoms with Crippen LogP contribution in [-0.4, -0.2) is 32.5 Å². The van der Waals surface area contributed by atoms with Crippen molar-refractivity contribution in [3.05, 3.63) is 30.3 Å². The first-order chi connectivity index (χ1) is 12.1. The third-order valence-corrected chi connectivity index (χ3v) is 5.00. The molecule has 0 radical (unpaired) electrons. The first-order valence-electron chi connectivity index (χ1n) is 8.46. The van der Waals surface area contributed by atoms with Gasteiger partial charge in [0.1, 0.15) is 5.58 Å². The number of fused-ring (bicyclic) bond motifs is 1. The number of rotatable bonds is 7. The molecule has 0 spiro atoms. The van der Waals surface area contributed by atoms with Crippen molar-refractivity contribution >= 4 is 28.6 Å². The Hall–Kier alpha value is -2.28. The monoisotopic (exact) mass is 358 g/mol. The van der Waals surface area contributed by atoms with Crippen molar-refractivity contribution in [2.45, 2.75) is 44.9 Å². The summed E-state index contributed by atoms with van der Waals surface area (Å²) in [4.78, 5) is 12.0. The summed E-state index contributed by atoms with van der Waals surface area (Å²) in [5.41, 5.74) is 0.824. The van der Waals surface area contributed by atoms with Crippen molar-refractivity contribution in [3.8, 4) is 11.6 Å². The second-order valence-electron chi connectivity index (χ2n) is 5.86. The topological polar surface area (TPSA) is 73.0 Å². The van der Waals surface area contributed by atoms with E-state index in [1.54, 1.807) is 0 Å². The van der Waals surface area contributed by atoms with Gasteiger partial charge in [-0.2, -0.15) is 0 Å². The van der Waals surface area contributed by atoms with E-state index in [0.29, 0.717) is 23.9 Å². The van der Waals surface area contributed by atoms with E-state index in [2.05, 4.69) is 15.5 Å². The van der Waals surface area contributed by atoms with Crippen LogP contribution in [0.5, 0.6) is 0 Å². The van der Waals surface area contributed by atoms with E-state index in [1.165, 1.54) is 11.8 Å². The van der Waals surface area contributed by atoms with Gasteiger partial charge in [-0.25, -0.2) is 0 Å². The Balaban J connectivity index is 1.78. The van der Waals surface area contributed by atoms with Crippen LogP contribution in [0.25, 0.3) is 22.6 Å². The third kappa shape index (κ3) is 3.87. The molecular weight excluding hydrogens is 336 g/mol. The zero-order valence-corrected chi connectivity index (χ0v) is 15.5. The molecule has 7 heteroatoms. The largest absolute Gasteiger partial charge is 0.453 e. The van der Waals surface area contributed by atoms with Gasteiger partial charge >= 0.3 is 0 Å². The summed E-state index contributed by atoms with van der Waals surface area (Å²) in [5, 5.41) is 13.2. The molecule has 25 heavy (non-hydrogen) atoms. The Bertz CT molecular complexity index is 838. The molecular formula is C18H22N4O2S. The van der Waals surface area contributed by atoms with Crippen molar-refractivity contribution in [2.24, 2.45) is 0 Å². The quantitative estimate of drug-likeness (QED) is 0.652. The number of para-hydroxylation sites is 1. The summed E-state index contributed by atoms with van der Waals surface area (Å²) in [7, 11) is 0. The molecule has 1 aromatic carbocycles. The molecule has 0 aliphatic carbocycles. The fraction of sp³-hybridized carbons (Fsp3) is 0.389. The maximum absolute atomic E-state index is 12.0. The maximum Gasteiger partial charge on any atom is 0.230 e. The molecule has 0 aliphatic rings. The predicted octanol–water partition coefficient (Wildman–Crippen LogP) is 3.72. The molecule has 6 nitrogen and oxygen atoms in total. The van der Waals surface area contributed by atoms with Crippen molar-refractivity contribution in [1.82, 2.24) is 20.1 Å². The van der Waals surface area contributed by atoms with Crippen molar-refractivity contribution < 1.29 is 9.21 Å². The number of nitrogens with one attached hydrogen (secondary N) is 1. The van der Waals surface area contributed by atoms with E-state index in [9.17, 15) is 4.79 Å². The van der Waals surface area contributed by atoms with Gasteiger partial charge in [0, 0.05) is 18.0 Å².